The number of nitrogens with zero attached hydrogens (tertiary/aromatic N) is 1. The summed E-state index contributed by atoms with van der Waals surface area (Å²) in [6.45, 7) is 2.03. The molecule has 0 saturated carbocycles. The molecule has 0 aromatic heterocycles. The summed E-state index contributed by atoms with van der Waals surface area (Å²) in [5.41, 5.74) is 2.69. The minimum absolute atomic E-state index is 0.000594. The monoisotopic (exact) mass is 370 g/mol. The van der Waals surface area contributed by atoms with Gasteiger partial charge in [0.25, 0.3) is 0 Å². The maximum atomic E-state index is 12.3. The van der Waals surface area contributed by atoms with Gasteiger partial charge in [0.15, 0.2) is 11.5 Å². The van der Waals surface area contributed by atoms with Crippen molar-refractivity contribution in [1.29, 1.82) is 0 Å². The van der Waals surface area contributed by atoms with E-state index < -0.39 is 0 Å². The van der Waals surface area contributed by atoms with Gasteiger partial charge in [0.2, 0.25) is 11.8 Å². The van der Waals surface area contributed by atoms with Gasteiger partial charge in [-0.25, -0.2) is 0 Å². The molecule has 27 heavy (non-hydrogen) atoms. The van der Waals surface area contributed by atoms with Gasteiger partial charge in [0, 0.05) is 32.6 Å². The fourth-order valence-corrected chi connectivity index (χ4v) is 2.65. The van der Waals surface area contributed by atoms with Crippen LogP contribution in [0.4, 0.5) is 5.69 Å². The van der Waals surface area contributed by atoms with Crippen molar-refractivity contribution in [3.8, 4) is 11.5 Å². The molecule has 0 fully saturated rings. The third-order valence-electron chi connectivity index (χ3n) is 4.26. The lowest BCUT2D eigenvalue weighted by atomic mass is 10.1. The SMILES string of the molecule is COc1ccc(CCC(=O)Nc2cccc(CN(C)C(C)=O)c2)cc1OC. The highest BCUT2D eigenvalue weighted by Crippen LogP contribution is 2.28. The Morgan fingerprint density at radius 1 is 1.00 bits per heavy atom. The van der Waals surface area contributed by atoms with E-state index in [9.17, 15) is 9.59 Å². The van der Waals surface area contributed by atoms with E-state index in [2.05, 4.69) is 5.32 Å². The van der Waals surface area contributed by atoms with Crippen LogP contribution in [0.5, 0.6) is 11.5 Å². The number of carbonyl (C=O) groups is 2. The Kier molecular flexibility index (Phi) is 7.23. The molecule has 2 rings (SSSR count). The van der Waals surface area contributed by atoms with E-state index in [4.69, 9.17) is 9.47 Å². The number of hydrogen-bond acceptors (Lipinski definition) is 4. The number of aryl methyl sites for hydroxylation is 1. The summed E-state index contributed by atoms with van der Waals surface area (Å²) < 4.78 is 10.5. The van der Waals surface area contributed by atoms with Gasteiger partial charge < -0.3 is 19.7 Å². The molecule has 6 heteroatoms. The first-order valence-electron chi connectivity index (χ1n) is 8.74. The molecule has 0 atom stereocenters. The largest absolute Gasteiger partial charge is 0.493 e. The number of nitrogens with one attached hydrogen (secondary N) is 1. The highest BCUT2D eigenvalue weighted by molar-refractivity contribution is 5.90. The first kappa shape index (κ1) is 20.3. The third kappa shape index (κ3) is 6.02. The zero-order valence-electron chi connectivity index (χ0n) is 16.2. The number of hydrogen-bond donors (Lipinski definition) is 1. The molecule has 2 aromatic carbocycles. The molecule has 0 aliphatic rings. The second-order valence-corrected chi connectivity index (χ2v) is 6.31. The predicted octanol–water partition coefficient (Wildman–Crippen LogP) is 3.25. The lowest BCUT2D eigenvalue weighted by molar-refractivity contribution is -0.128. The number of anilines is 1. The van der Waals surface area contributed by atoms with E-state index in [1.807, 2.05) is 42.5 Å². The molecule has 0 saturated heterocycles. The molecule has 0 heterocycles. The third-order valence-corrected chi connectivity index (χ3v) is 4.26. The van der Waals surface area contributed by atoms with Crippen LogP contribution in [0, 0.1) is 0 Å². The maximum Gasteiger partial charge on any atom is 0.224 e. The fourth-order valence-electron chi connectivity index (χ4n) is 2.65. The average molecular weight is 370 g/mol. The number of methoxy groups -OCH3 is 2. The van der Waals surface area contributed by atoms with E-state index >= 15 is 0 Å². The van der Waals surface area contributed by atoms with Crippen LogP contribution >= 0.6 is 0 Å². The van der Waals surface area contributed by atoms with Crippen LogP contribution in [0.2, 0.25) is 0 Å². The molecule has 144 valence electrons. The van der Waals surface area contributed by atoms with Gasteiger partial charge in [-0.05, 0) is 41.8 Å². The van der Waals surface area contributed by atoms with Crippen LogP contribution in [-0.2, 0) is 22.6 Å². The molecule has 2 aromatic rings. The molecule has 0 spiro atoms. The van der Waals surface area contributed by atoms with Crippen molar-refractivity contribution in [3.63, 3.8) is 0 Å². The van der Waals surface area contributed by atoms with E-state index in [-0.39, 0.29) is 11.8 Å². The lowest BCUT2D eigenvalue weighted by Gasteiger charge is -2.15. The minimum Gasteiger partial charge on any atom is -0.493 e. The Labute approximate surface area is 160 Å². The van der Waals surface area contributed by atoms with Crippen molar-refractivity contribution < 1.29 is 19.1 Å². The second kappa shape index (κ2) is 9.62. The van der Waals surface area contributed by atoms with Gasteiger partial charge in [-0.15, -0.1) is 0 Å². The Morgan fingerprint density at radius 3 is 2.41 bits per heavy atom. The molecule has 0 aliphatic heterocycles. The number of ether oxygens (including phenoxy) is 2. The molecular weight excluding hydrogens is 344 g/mol. The molecule has 2 amide bonds. The number of benzene rings is 2. The van der Waals surface area contributed by atoms with E-state index in [1.165, 1.54) is 6.92 Å². The quantitative estimate of drug-likeness (QED) is 0.774. The summed E-state index contributed by atoms with van der Waals surface area (Å²) in [6.07, 6.45) is 0.950. The smallest absolute Gasteiger partial charge is 0.224 e. The number of carbonyl (C=O) groups excluding carboxylic acids is 2. The topological polar surface area (TPSA) is 67.9 Å². The maximum absolute atomic E-state index is 12.3. The Balaban J connectivity index is 1.93. The van der Waals surface area contributed by atoms with Crippen molar-refractivity contribution in [2.75, 3.05) is 26.6 Å². The summed E-state index contributed by atoms with van der Waals surface area (Å²) in [6, 6.07) is 13.2. The van der Waals surface area contributed by atoms with E-state index in [0.717, 1.165) is 16.8 Å². The van der Waals surface area contributed by atoms with Crippen molar-refractivity contribution in [3.05, 3.63) is 53.6 Å². The summed E-state index contributed by atoms with van der Waals surface area (Å²) in [5.74, 6) is 1.25. The summed E-state index contributed by atoms with van der Waals surface area (Å²) >= 11 is 0. The van der Waals surface area contributed by atoms with Crippen molar-refractivity contribution in [2.45, 2.75) is 26.3 Å². The van der Waals surface area contributed by atoms with Gasteiger partial charge in [-0.2, -0.15) is 0 Å². The first-order valence-corrected chi connectivity index (χ1v) is 8.74. The molecule has 1 N–H and O–H groups in total. The molecule has 0 radical (unpaired) electrons. The van der Waals surface area contributed by atoms with E-state index in [1.54, 1.807) is 26.2 Å². The molecule has 0 bridgehead atoms. The summed E-state index contributed by atoms with van der Waals surface area (Å²) in [7, 11) is 4.93. The predicted molar refractivity (Wildman–Crippen MR) is 105 cm³/mol. The zero-order valence-corrected chi connectivity index (χ0v) is 16.2. The van der Waals surface area contributed by atoms with Crippen LogP contribution in [0.1, 0.15) is 24.5 Å². The van der Waals surface area contributed by atoms with E-state index in [0.29, 0.717) is 30.9 Å². The molecule has 6 nitrogen and oxygen atoms in total. The zero-order chi connectivity index (χ0) is 19.8. The van der Waals surface area contributed by atoms with Gasteiger partial charge >= 0.3 is 0 Å². The normalized spacial score (nSPS) is 10.2. The lowest BCUT2D eigenvalue weighted by Crippen LogP contribution is -2.23. The highest BCUT2D eigenvalue weighted by Gasteiger charge is 2.08. The Hall–Kier alpha value is -3.02. The van der Waals surface area contributed by atoms with Gasteiger partial charge in [0.05, 0.1) is 14.2 Å². The van der Waals surface area contributed by atoms with Crippen molar-refractivity contribution in [1.82, 2.24) is 4.90 Å². The van der Waals surface area contributed by atoms with Crippen LogP contribution in [0.3, 0.4) is 0 Å². The second-order valence-electron chi connectivity index (χ2n) is 6.31. The standard InChI is InChI=1S/C21H26N2O4/c1-15(24)23(2)14-17-6-5-7-18(12-17)22-21(25)11-9-16-8-10-19(26-3)20(13-16)27-4/h5-8,10,12-13H,9,11,14H2,1-4H3,(H,22,25). The van der Waals surface area contributed by atoms with Crippen molar-refractivity contribution >= 4 is 17.5 Å². The Morgan fingerprint density at radius 2 is 1.74 bits per heavy atom. The summed E-state index contributed by atoms with van der Waals surface area (Å²) in [5, 5.41) is 2.91. The van der Waals surface area contributed by atoms with Crippen LogP contribution in [-0.4, -0.2) is 38.0 Å². The van der Waals surface area contributed by atoms with Gasteiger partial charge in [0.1, 0.15) is 0 Å². The highest BCUT2D eigenvalue weighted by atomic mass is 16.5. The van der Waals surface area contributed by atoms with Crippen LogP contribution in [0.25, 0.3) is 0 Å². The summed E-state index contributed by atoms with van der Waals surface area (Å²) in [4.78, 5) is 25.3. The number of amides is 2. The van der Waals surface area contributed by atoms with Crippen LogP contribution < -0.4 is 14.8 Å². The number of rotatable bonds is 8. The minimum atomic E-state index is -0.0677. The fraction of sp³-hybridized carbons (Fsp3) is 0.333. The van der Waals surface area contributed by atoms with Gasteiger partial charge in [-0.3, -0.25) is 9.59 Å². The van der Waals surface area contributed by atoms with Crippen LogP contribution in [0.15, 0.2) is 42.5 Å². The van der Waals surface area contributed by atoms with Crippen molar-refractivity contribution in [2.24, 2.45) is 0 Å². The molecule has 0 unspecified atom stereocenters. The molecular formula is C21H26N2O4. The first-order chi connectivity index (χ1) is 12.9. The molecule has 0 aliphatic carbocycles. The van der Waals surface area contributed by atoms with Gasteiger partial charge in [-0.1, -0.05) is 18.2 Å². The Bertz CT molecular complexity index is 805. The average Bonchev–Trinajstić information content (AvgIpc) is 2.66.